The zero-order valence-corrected chi connectivity index (χ0v) is 11.2. The van der Waals surface area contributed by atoms with Gasteiger partial charge in [0.05, 0.1) is 13.0 Å². The van der Waals surface area contributed by atoms with Crippen molar-refractivity contribution in [1.29, 1.82) is 0 Å². The average molecular weight is 234 g/mol. The maximum Gasteiger partial charge on any atom is 0.313 e. The lowest BCUT2D eigenvalue weighted by molar-refractivity contribution is -0.142. The minimum Gasteiger partial charge on any atom is -0.469 e. The highest BCUT2D eigenvalue weighted by molar-refractivity contribution is 5.78. The van der Waals surface area contributed by atoms with Gasteiger partial charge >= 0.3 is 5.97 Å². The third-order valence-electron chi connectivity index (χ3n) is 2.89. The number of carbonyl (C=O) groups is 1. The van der Waals surface area contributed by atoms with Crippen molar-refractivity contribution in [3.63, 3.8) is 0 Å². The molecule has 94 valence electrons. The molecule has 0 aromatic heterocycles. The van der Waals surface area contributed by atoms with Gasteiger partial charge < -0.3 is 4.74 Å². The Hall–Kier alpha value is -1.31. The summed E-state index contributed by atoms with van der Waals surface area (Å²) in [6.07, 6.45) is 1.82. The summed E-state index contributed by atoms with van der Waals surface area (Å²) >= 11 is 0. The van der Waals surface area contributed by atoms with Gasteiger partial charge in [-0.25, -0.2) is 0 Å². The monoisotopic (exact) mass is 234 g/mol. The van der Waals surface area contributed by atoms with Gasteiger partial charge in [-0.05, 0) is 29.9 Å². The van der Waals surface area contributed by atoms with E-state index >= 15 is 0 Å². The zero-order chi connectivity index (χ0) is 12.8. The summed E-state index contributed by atoms with van der Waals surface area (Å²) in [5.41, 5.74) is 2.36. The maximum absolute atomic E-state index is 11.7. The molecule has 2 nitrogen and oxygen atoms in total. The van der Waals surface area contributed by atoms with Crippen LogP contribution < -0.4 is 0 Å². The minimum absolute atomic E-state index is 0.132. The van der Waals surface area contributed by atoms with Gasteiger partial charge in [-0.15, -0.1) is 0 Å². The van der Waals surface area contributed by atoms with Crippen molar-refractivity contribution in [2.45, 2.75) is 39.5 Å². The predicted octanol–water partition coefficient (Wildman–Crippen LogP) is 3.55. The number of rotatable bonds is 5. The molecule has 0 bridgehead atoms. The van der Waals surface area contributed by atoms with Gasteiger partial charge in [0.1, 0.15) is 0 Å². The van der Waals surface area contributed by atoms with E-state index in [1.54, 1.807) is 0 Å². The molecular weight excluding hydrogens is 212 g/mol. The van der Waals surface area contributed by atoms with Gasteiger partial charge in [0.2, 0.25) is 0 Å². The first-order valence-corrected chi connectivity index (χ1v) is 6.25. The second-order valence-corrected chi connectivity index (χ2v) is 4.83. The molecule has 0 radical (unpaired) electrons. The lowest BCUT2D eigenvalue weighted by Crippen LogP contribution is -2.13. The number of esters is 1. The topological polar surface area (TPSA) is 26.3 Å². The Morgan fingerprint density at radius 2 is 2.06 bits per heavy atom. The van der Waals surface area contributed by atoms with E-state index in [0.29, 0.717) is 5.92 Å². The fourth-order valence-electron chi connectivity index (χ4n) is 2.09. The number of benzene rings is 1. The third kappa shape index (κ3) is 3.88. The first-order chi connectivity index (χ1) is 8.08. The number of hydrogen-bond acceptors (Lipinski definition) is 2. The van der Waals surface area contributed by atoms with E-state index in [2.05, 4.69) is 26.0 Å². The normalized spacial score (nSPS) is 12.5. The number of methoxy groups -OCH3 is 1. The van der Waals surface area contributed by atoms with Crippen LogP contribution in [0.25, 0.3) is 0 Å². The Balaban J connectivity index is 2.92. The second-order valence-electron chi connectivity index (χ2n) is 4.83. The highest BCUT2D eigenvalue weighted by atomic mass is 16.5. The first-order valence-electron chi connectivity index (χ1n) is 6.25. The molecule has 0 N–H and O–H groups in total. The SMILES string of the molecule is CCC(C(=O)OC)c1cccc(CC(C)C)c1. The molecular formula is C15H22O2. The quantitative estimate of drug-likeness (QED) is 0.728. The fourth-order valence-corrected chi connectivity index (χ4v) is 2.09. The molecule has 1 unspecified atom stereocenters. The van der Waals surface area contributed by atoms with Crippen LogP contribution >= 0.6 is 0 Å². The lowest BCUT2D eigenvalue weighted by Gasteiger charge is -2.14. The largest absolute Gasteiger partial charge is 0.469 e. The Labute approximate surface area is 104 Å². The molecule has 1 atom stereocenters. The van der Waals surface area contributed by atoms with Gasteiger partial charge in [0, 0.05) is 0 Å². The summed E-state index contributed by atoms with van der Waals surface area (Å²) in [7, 11) is 1.45. The van der Waals surface area contributed by atoms with E-state index < -0.39 is 0 Å². The molecule has 1 rings (SSSR count). The predicted molar refractivity (Wildman–Crippen MR) is 70.0 cm³/mol. The Morgan fingerprint density at radius 3 is 2.59 bits per heavy atom. The zero-order valence-electron chi connectivity index (χ0n) is 11.2. The molecule has 0 aliphatic rings. The van der Waals surface area contributed by atoms with Gasteiger partial charge in [-0.3, -0.25) is 4.79 Å². The van der Waals surface area contributed by atoms with Crippen LogP contribution in [0.3, 0.4) is 0 Å². The summed E-state index contributed by atoms with van der Waals surface area (Å²) in [6, 6.07) is 8.28. The first kappa shape index (κ1) is 13.8. The number of carbonyl (C=O) groups excluding carboxylic acids is 1. The van der Waals surface area contributed by atoms with Crippen molar-refractivity contribution in [1.82, 2.24) is 0 Å². The standard InChI is InChI=1S/C15H22O2/c1-5-14(15(16)17-4)13-8-6-7-12(10-13)9-11(2)3/h6-8,10-11,14H,5,9H2,1-4H3. The average Bonchev–Trinajstić information content (AvgIpc) is 2.29. The highest BCUT2D eigenvalue weighted by Crippen LogP contribution is 2.22. The molecule has 1 aromatic rings. The van der Waals surface area contributed by atoms with E-state index in [-0.39, 0.29) is 11.9 Å². The summed E-state index contributed by atoms with van der Waals surface area (Å²) < 4.78 is 4.84. The van der Waals surface area contributed by atoms with Gasteiger partial charge in [-0.1, -0.05) is 45.0 Å². The number of hydrogen-bond donors (Lipinski definition) is 0. The van der Waals surface area contributed by atoms with Crippen LogP contribution in [0.5, 0.6) is 0 Å². The third-order valence-corrected chi connectivity index (χ3v) is 2.89. The second kappa shape index (κ2) is 6.43. The molecule has 0 aliphatic heterocycles. The minimum atomic E-state index is -0.144. The van der Waals surface area contributed by atoms with Crippen LogP contribution in [-0.4, -0.2) is 13.1 Å². The highest BCUT2D eigenvalue weighted by Gasteiger charge is 2.19. The molecule has 0 heterocycles. The smallest absolute Gasteiger partial charge is 0.313 e. The number of ether oxygens (including phenoxy) is 1. The van der Waals surface area contributed by atoms with Crippen molar-refractivity contribution in [2.24, 2.45) is 5.92 Å². The van der Waals surface area contributed by atoms with Crippen molar-refractivity contribution in [3.8, 4) is 0 Å². The Kier molecular flexibility index (Phi) is 5.20. The molecule has 17 heavy (non-hydrogen) atoms. The van der Waals surface area contributed by atoms with Crippen molar-refractivity contribution in [3.05, 3.63) is 35.4 Å². The van der Waals surface area contributed by atoms with Crippen LogP contribution in [0.4, 0.5) is 0 Å². The van der Waals surface area contributed by atoms with Gasteiger partial charge in [0.25, 0.3) is 0 Å². The summed E-state index contributed by atoms with van der Waals surface area (Å²) in [5.74, 6) is 0.352. The van der Waals surface area contributed by atoms with E-state index in [9.17, 15) is 4.79 Å². The molecule has 0 aliphatic carbocycles. The summed E-state index contributed by atoms with van der Waals surface area (Å²) in [5, 5.41) is 0. The van der Waals surface area contributed by atoms with Crippen LogP contribution in [0, 0.1) is 5.92 Å². The maximum atomic E-state index is 11.7. The van der Waals surface area contributed by atoms with Gasteiger partial charge in [0.15, 0.2) is 0 Å². The van der Waals surface area contributed by atoms with Crippen LogP contribution in [0.1, 0.15) is 44.2 Å². The van der Waals surface area contributed by atoms with E-state index in [1.165, 1.54) is 12.7 Å². The van der Waals surface area contributed by atoms with Crippen molar-refractivity contribution >= 4 is 5.97 Å². The van der Waals surface area contributed by atoms with E-state index in [4.69, 9.17) is 4.74 Å². The van der Waals surface area contributed by atoms with Crippen molar-refractivity contribution in [2.75, 3.05) is 7.11 Å². The summed E-state index contributed by atoms with van der Waals surface area (Å²) in [4.78, 5) is 11.7. The molecule has 2 heteroatoms. The lowest BCUT2D eigenvalue weighted by atomic mass is 9.93. The molecule has 0 saturated heterocycles. The fraction of sp³-hybridized carbons (Fsp3) is 0.533. The molecule has 0 fully saturated rings. The Bertz CT molecular complexity index is 369. The molecule has 0 amide bonds. The van der Waals surface area contributed by atoms with Crippen LogP contribution in [-0.2, 0) is 16.0 Å². The van der Waals surface area contributed by atoms with E-state index in [0.717, 1.165) is 18.4 Å². The van der Waals surface area contributed by atoms with E-state index in [1.807, 2.05) is 19.1 Å². The molecule has 1 aromatic carbocycles. The van der Waals surface area contributed by atoms with Gasteiger partial charge in [-0.2, -0.15) is 0 Å². The van der Waals surface area contributed by atoms with Crippen LogP contribution in [0.15, 0.2) is 24.3 Å². The van der Waals surface area contributed by atoms with Crippen LogP contribution in [0.2, 0.25) is 0 Å². The van der Waals surface area contributed by atoms with Crippen molar-refractivity contribution < 1.29 is 9.53 Å². The molecule has 0 saturated carbocycles. The molecule has 0 spiro atoms. The summed E-state index contributed by atoms with van der Waals surface area (Å²) in [6.45, 7) is 6.41. The Morgan fingerprint density at radius 1 is 1.35 bits per heavy atom.